The first kappa shape index (κ1) is 33.2. The van der Waals surface area contributed by atoms with Gasteiger partial charge >= 0.3 is 6.09 Å². The quantitative estimate of drug-likeness (QED) is 0.178. The Labute approximate surface area is 294 Å². The fourth-order valence-corrected chi connectivity index (χ4v) is 8.10. The largest absolute Gasteiger partial charge is 0.497 e. The Balaban J connectivity index is 1.07. The molecule has 0 bridgehead atoms. The number of carbonyl (C=O) groups is 1. The van der Waals surface area contributed by atoms with Crippen molar-refractivity contribution in [3.63, 3.8) is 0 Å². The van der Waals surface area contributed by atoms with Crippen LogP contribution in [0.15, 0.2) is 83.1 Å². The number of carbonyl (C=O) groups excluding carboxylic acids is 1. The number of imidazole rings is 1. The Morgan fingerprint density at radius 2 is 1.86 bits per heavy atom. The van der Waals surface area contributed by atoms with E-state index < -0.39 is 11.7 Å². The van der Waals surface area contributed by atoms with Crippen molar-refractivity contribution < 1.29 is 19.4 Å². The van der Waals surface area contributed by atoms with Crippen LogP contribution < -0.4 is 15.0 Å². The Morgan fingerprint density at radius 3 is 2.57 bits per heavy atom. The number of halogens is 1. The van der Waals surface area contributed by atoms with Gasteiger partial charge in [0.05, 0.1) is 36.7 Å². The molecular formula is C37H39ClN6O4S. The van der Waals surface area contributed by atoms with Gasteiger partial charge in [-0.1, -0.05) is 47.6 Å². The highest BCUT2D eigenvalue weighted by Gasteiger charge is 2.49. The van der Waals surface area contributed by atoms with Crippen LogP contribution in [0.25, 0.3) is 16.9 Å². The van der Waals surface area contributed by atoms with E-state index in [2.05, 4.69) is 28.4 Å². The summed E-state index contributed by atoms with van der Waals surface area (Å²) in [6.45, 7) is 6.81. The zero-order chi connectivity index (χ0) is 34.3. The highest BCUT2D eigenvalue weighted by molar-refractivity contribution is 7.99. The van der Waals surface area contributed by atoms with Crippen molar-refractivity contribution in [2.75, 3.05) is 25.1 Å². The zero-order valence-corrected chi connectivity index (χ0v) is 29.5. The Hall–Kier alpha value is -4.32. The molecule has 2 N–H and O–H groups in total. The topological polar surface area (TPSA) is 114 Å². The molecule has 4 heterocycles. The normalized spacial score (nSPS) is 16.9. The van der Waals surface area contributed by atoms with Crippen LogP contribution in [0, 0.1) is 5.41 Å². The summed E-state index contributed by atoms with van der Waals surface area (Å²) < 4.78 is 12.8. The number of aliphatic hydroxyl groups is 1. The number of aromatic nitrogens is 4. The Morgan fingerprint density at radius 1 is 1.10 bits per heavy atom. The monoisotopic (exact) mass is 698 g/mol. The molecule has 1 atom stereocenters. The van der Waals surface area contributed by atoms with Crippen molar-refractivity contribution >= 4 is 40.9 Å². The lowest BCUT2D eigenvalue weighted by Crippen LogP contribution is -2.48. The first-order chi connectivity index (χ1) is 23.6. The van der Waals surface area contributed by atoms with Gasteiger partial charge in [0.1, 0.15) is 22.1 Å². The molecule has 7 rings (SSSR count). The first-order valence-electron chi connectivity index (χ1n) is 16.3. The molecule has 1 aliphatic carbocycles. The SMILES string of the molecule is COc1ccc(-c2cn3ccc(Sc4cnc(N5CCC6(CC5)Cc5ccccc5[C@H]6NC(=O)OC(C)(C)C)c(CO)n4)c(Cl)c3n2)cc1. The van der Waals surface area contributed by atoms with Gasteiger partial charge < -0.3 is 29.2 Å². The highest BCUT2D eigenvalue weighted by Crippen LogP contribution is 2.52. The summed E-state index contributed by atoms with van der Waals surface area (Å²) in [5, 5.41) is 14.7. The van der Waals surface area contributed by atoms with Crippen LogP contribution in [0.5, 0.6) is 5.75 Å². The van der Waals surface area contributed by atoms with Crippen molar-refractivity contribution in [2.24, 2.45) is 5.41 Å². The molecule has 0 unspecified atom stereocenters. The Kier molecular flexibility index (Phi) is 8.93. The first-order valence-corrected chi connectivity index (χ1v) is 17.5. The summed E-state index contributed by atoms with van der Waals surface area (Å²) in [7, 11) is 1.64. The molecule has 1 spiro atoms. The van der Waals surface area contributed by atoms with Crippen LogP contribution in [0.4, 0.5) is 10.6 Å². The van der Waals surface area contributed by atoms with E-state index in [1.165, 1.54) is 17.3 Å². The second kappa shape index (κ2) is 13.2. The maximum absolute atomic E-state index is 12.9. The number of amides is 1. The Bertz CT molecular complexity index is 2000. The molecule has 1 saturated heterocycles. The van der Waals surface area contributed by atoms with Crippen molar-refractivity contribution in [3.8, 4) is 17.0 Å². The van der Waals surface area contributed by atoms with E-state index in [4.69, 9.17) is 36.0 Å². The summed E-state index contributed by atoms with van der Waals surface area (Å²) in [5.41, 5.74) is 4.60. The lowest BCUT2D eigenvalue weighted by atomic mass is 9.72. The van der Waals surface area contributed by atoms with Gasteiger partial charge in [-0.2, -0.15) is 0 Å². The number of benzene rings is 2. The van der Waals surface area contributed by atoms with Crippen molar-refractivity contribution in [2.45, 2.75) is 68.2 Å². The zero-order valence-electron chi connectivity index (χ0n) is 27.9. The predicted octanol–water partition coefficient (Wildman–Crippen LogP) is 7.51. The summed E-state index contributed by atoms with van der Waals surface area (Å²) >= 11 is 8.25. The maximum Gasteiger partial charge on any atom is 0.408 e. The summed E-state index contributed by atoms with van der Waals surface area (Å²) in [4.78, 5) is 30.3. The molecule has 5 aromatic rings. The molecule has 3 aromatic heterocycles. The van der Waals surface area contributed by atoms with Gasteiger partial charge in [-0.3, -0.25) is 0 Å². The second-order valence-corrected chi connectivity index (χ2v) is 15.1. The van der Waals surface area contributed by atoms with Crippen LogP contribution in [-0.4, -0.2) is 56.4 Å². The van der Waals surface area contributed by atoms with Gasteiger partial charge in [-0.15, -0.1) is 0 Å². The van der Waals surface area contributed by atoms with Gasteiger partial charge in [0.25, 0.3) is 0 Å². The number of aliphatic hydroxyl groups excluding tert-OH is 1. The summed E-state index contributed by atoms with van der Waals surface area (Å²) in [5.74, 6) is 1.46. The molecule has 1 amide bonds. The van der Waals surface area contributed by atoms with E-state index >= 15 is 0 Å². The van der Waals surface area contributed by atoms with Gasteiger partial charge in [0, 0.05) is 41.4 Å². The number of hydrogen-bond donors (Lipinski definition) is 2. The van der Waals surface area contributed by atoms with Gasteiger partial charge in [0.15, 0.2) is 11.5 Å². The van der Waals surface area contributed by atoms with Crippen molar-refractivity contribution in [3.05, 3.63) is 95.0 Å². The van der Waals surface area contributed by atoms with Crippen molar-refractivity contribution in [1.29, 1.82) is 0 Å². The summed E-state index contributed by atoms with van der Waals surface area (Å²) in [6.07, 6.45) is 7.76. The van der Waals surface area contributed by atoms with E-state index in [0.717, 1.165) is 46.7 Å². The lowest BCUT2D eigenvalue weighted by molar-refractivity contribution is 0.0428. The van der Waals surface area contributed by atoms with Crippen LogP contribution in [-0.2, 0) is 17.8 Å². The van der Waals surface area contributed by atoms with Gasteiger partial charge in [-0.25, -0.2) is 19.7 Å². The number of methoxy groups -OCH3 is 1. The molecular weight excluding hydrogens is 660 g/mol. The molecule has 12 heteroatoms. The molecule has 0 radical (unpaired) electrons. The average molecular weight is 699 g/mol. The van der Waals surface area contributed by atoms with E-state index in [-0.39, 0.29) is 18.1 Å². The number of nitrogens with one attached hydrogen (secondary N) is 1. The van der Waals surface area contributed by atoms with Crippen molar-refractivity contribution in [1.82, 2.24) is 24.7 Å². The molecule has 2 aromatic carbocycles. The van der Waals surface area contributed by atoms with Crippen LogP contribution in [0.2, 0.25) is 5.02 Å². The second-order valence-electron chi connectivity index (χ2n) is 13.6. The maximum atomic E-state index is 12.9. The molecule has 49 heavy (non-hydrogen) atoms. The fraction of sp³-hybridized carbons (Fsp3) is 0.351. The lowest BCUT2D eigenvalue weighted by Gasteiger charge is -2.44. The minimum absolute atomic E-state index is 0.144. The molecule has 10 nitrogen and oxygen atoms in total. The fourth-order valence-electron chi connectivity index (χ4n) is 6.99. The third-order valence-electron chi connectivity index (χ3n) is 9.32. The molecule has 1 aliphatic heterocycles. The number of fused-ring (bicyclic) bond motifs is 2. The number of pyridine rings is 1. The van der Waals surface area contributed by atoms with E-state index in [1.54, 1.807) is 13.3 Å². The van der Waals surface area contributed by atoms with Crippen LogP contribution >= 0.6 is 23.4 Å². The van der Waals surface area contributed by atoms with E-state index in [9.17, 15) is 9.90 Å². The standard InChI is InChI=1S/C37H39ClN6O4S/c1-36(2,3)48-35(46)42-32-26-8-6-5-7-24(26)19-37(32)14-17-43(18-15-37)33-28(22-45)40-30(20-39-33)49-29-13-16-44-21-27(41-34(44)31(29)38)23-9-11-25(47-4)12-10-23/h5-13,16,20-21,32,45H,14-15,17-19,22H2,1-4H3,(H,42,46)/t32-/m1/s1. The molecule has 1 fully saturated rings. The predicted molar refractivity (Wildman–Crippen MR) is 190 cm³/mol. The van der Waals surface area contributed by atoms with Gasteiger partial charge in [0.2, 0.25) is 0 Å². The number of hydrogen-bond acceptors (Lipinski definition) is 9. The van der Waals surface area contributed by atoms with Gasteiger partial charge in [-0.05, 0) is 81.5 Å². The van der Waals surface area contributed by atoms with Crippen LogP contribution in [0.1, 0.15) is 56.5 Å². The number of nitrogens with zero attached hydrogens (tertiary/aromatic N) is 5. The van der Waals surface area contributed by atoms with Crippen LogP contribution in [0.3, 0.4) is 0 Å². The summed E-state index contributed by atoms with van der Waals surface area (Å²) in [6, 6.07) is 17.9. The number of alkyl carbamates (subject to hydrolysis) is 1. The minimum atomic E-state index is -0.582. The minimum Gasteiger partial charge on any atom is -0.497 e. The number of ether oxygens (including phenoxy) is 2. The van der Waals surface area contributed by atoms with E-state index in [0.29, 0.717) is 40.3 Å². The molecule has 0 saturated carbocycles. The van der Waals surface area contributed by atoms with E-state index in [1.807, 2.05) is 74.0 Å². The third kappa shape index (κ3) is 6.67. The number of piperidine rings is 1. The molecule has 2 aliphatic rings. The highest BCUT2D eigenvalue weighted by atomic mass is 35.5. The number of rotatable bonds is 7. The average Bonchev–Trinajstić information content (AvgIpc) is 3.65. The third-order valence-corrected chi connectivity index (χ3v) is 10.8. The number of anilines is 1. The molecule has 254 valence electrons. The smallest absolute Gasteiger partial charge is 0.408 e.